The molecule has 226 valence electrons. The van der Waals surface area contributed by atoms with Gasteiger partial charge in [-0.1, -0.05) is 20.8 Å². The Morgan fingerprint density at radius 3 is 2.10 bits per heavy atom. The number of hydrogen-bond donors (Lipinski definition) is 6. The number of aliphatic carboxylic acids is 2. The van der Waals surface area contributed by atoms with Crippen molar-refractivity contribution in [3.63, 3.8) is 0 Å². The van der Waals surface area contributed by atoms with Crippen LogP contribution >= 0.6 is 24.8 Å². The Bertz CT molecular complexity index is 1010. The Morgan fingerprint density at radius 2 is 1.68 bits per heavy atom. The van der Waals surface area contributed by atoms with Crippen LogP contribution in [0, 0.1) is 22.7 Å². The third-order valence-electron chi connectivity index (χ3n) is 7.60. The highest BCUT2D eigenvalue weighted by Gasteiger charge is 2.55. The maximum atomic E-state index is 12.6. The average molecular weight is 606 g/mol. The number of carbonyl (C=O) groups is 4. The van der Waals surface area contributed by atoms with Gasteiger partial charge in [-0.05, 0) is 67.9 Å². The van der Waals surface area contributed by atoms with Crippen LogP contribution in [0.25, 0.3) is 0 Å². The highest BCUT2D eigenvalue weighted by atomic mass is 35.5. The Balaban J connectivity index is 0.000000919. The zero-order valence-corrected chi connectivity index (χ0v) is 24.8. The molecule has 0 unspecified atom stereocenters. The molecule has 3 rings (SSSR count). The summed E-state index contributed by atoms with van der Waals surface area (Å²) in [6, 6.07) is 2.95. The largest absolute Gasteiger partial charge is 0.480 e. The molecule has 1 atom stereocenters. The fourth-order valence-corrected chi connectivity index (χ4v) is 5.52. The Labute approximate surface area is 247 Å². The number of amides is 2. The van der Waals surface area contributed by atoms with Gasteiger partial charge in [0.25, 0.3) is 0 Å². The van der Waals surface area contributed by atoms with Gasteiger partial charge in [-0.2, -0.15) is 0 Å². The van der Waals surface area contributed by atoms with Crippen LogP contribution in [0.4, 0.5) is 0 Å². The van der Waals surface area contributed by atoms with Gasteiger partial charge in [-0.15, -0.1) is 24.8 Å². The number of nitrogens with zero attached hydrogens (tertiary/aromatic N) is 2. The molecule has 12 nitrogen and oxygen atoms in total. The highest BCUT2D eigenvalue weighted by molar-refractivity contribution is 5.95. The molecule has 0 radical (unpaired) electrons. The van der Waals surface area contributed by atoms with Gasteiger partial charge in [0.2, 0.25) is 11.8 Å². The molecule has 0 aromatic carbocycles. The third kappa shape index (κ3) is 9.31. The summed E-state index contributed by atoms with van der Waals surface area (Å²) in [4.78, 5) is 51.4. The molecule has 1 aromatic rings. The lowest BCUT2D eigenvalue weighted by Crippen LogP contribution is -2.60. The Morgan fingerprint density at radius 1 is 1.07 bits per heavy atom. The Hall–Kier alpha value is -2.96. The molecule has 1 aliphatic carbocycles. The zero-order valence-electron chi connectivity index (χ0n) is 23.1. The van der Waals surface area contributed by atoms with Gasteiger partial charge >= 0.3 is 11.9 Å². The number of hydrogen-bond acceptors (Lipinski definition) is 7. The molecular formula is C26H42Cl2N6O6. The van der Waals surface area contributed by atoms with Crippen LogP contribution in [-0.2, 0) is 14.4 Å². The molecule has 40 heavy (non-hydrogen) atoms. The number of carbonyl (C=O) groups excluding carboxylic acids is 2. The van der Waals surface area contributed by atoms with Crippen molar-refractivity contribution >= 4 is 54.4 Å². The first-order chi connectivity index (χ1) is 17.7. The first-order valence-corrected chi connectivity index (χ1v) is 12.8. The maximum absolute atomic E-state index is 12.6. The molecule has 2 heterocycles. The zero-order chi connectivity index (χ0) is 28.7. The van der Waals surface area contributed by atoms with E-state index in [0.29, 0.717) is 36.6 Å². The molecule has 2 fully saturated rings. The van der Waals surface area contributed by atoms with Crippen LogP contribution in [0.2, 0.25) is 0 Å². The monoisotopic (exact) mass is 604 g/mol. The molecule has 1 saturated carbocycles. The highest BCUT2D eigenvalue weighted by Crippen LogP contribution is 2.47. The number of nitrogen functional groups attached to an aromatic ring is 1. The molecule has 0 bridgehead atoms. The number of halogens is 2. The van der Waals surface area contributed by atoms with Gasteiger partial charge in [0.1, 0.15) is 17.1 Å². The van der Waals surface area contributed by atoms with Crippen molar-refractivity contribution < 1.29 is 29.4 Å². The number of nitrogens with two attached hydrogens (primary N) is 2. The molecule has 2 amide bonds. The maximum Gasteiger partial charge on any atom is 0.329 e. The first-order valence-electron chi connectivity index (χ1n) is 12.8. The number of carboxylic acids is 2. The lowest BCUT2D eigenvalue weighted by Gasteiger charge is -2.46. The second-order valence-corrected chi connectivity index (χ2v) is 11.0. The lowest BCUT2D eigenvalue weighted by molar-refractivity contribution is -0.162. The summed E-state index contributed by atoms with van der Waals surface area (Å²) in [6.07, 6.45) is 6.07. The molecule has 1 aliphatic heterocycles. The number of amidine groups is 1. The fourth-order valence-electron chi connectivity index (χ4n) is 5.52. The van der Waals surface area contributed by atoms with E-state index in [1.54, 1.807) is 0 Å². The van der Waals surface area contributed by atoms with Gasteiger partial charge in [0.05, 0.1) is 18.7 Å². The van der Waals surface area contributed by atoms with E-state index < -0.39 is 23.4 Å². The Kier molecular flexibility index (Phi) is 14.6. The van der Waals surface area contributed by atoms with Crippen LogP contribution < -0.4 is 16.8 Å². The molecule has 1 saturated heterocycles. The number of pyridine rings is 1. The summed E-state index contributed by atoms with van der Waals surface area (Å²) >= 11 is 0. The smallest absolute Gasteiger partial charge is 0.329 e. The standard InChI is InChI=1S/C19H32N2O5.C7H8N4O.2ClH/c1-18(2,3)13-5-7-14(8-6-13)19(17(25)26)9-4-10-21(19)15(22)11-20-12-16(23)24;8-6(9)5-2-1-4(3-11-5)7(10)12;;/h13-14,20H,4-12H2,1-3H3,(H,23,24)(H,25,26);1-3H,(H3,8,9)(H2,10,12);2*1H/t13?,14?,19-;;;/m1.../s1. The van der Waals surface area contributed by atoms with Crippen molar-refractivity contribution in [2.45, 2.75) is 64.8 Å². The molecular weight excluding hydrogens is 563 g/mol. The van der Waals surface area contributed by atoms with E-state index >= 15 is 0 Å². The molecule has 2 aliphatic rings. The fraction of sp³-hybridized carbons (Fsp3) is 0.615. The molecule has 8 N–H and O–H groups in total. The van der Waals surface area contributed by atoms with Crippen LogP contribution in [-0.4, -0.2) is 74.9 Å². The summed E-state index contributed by atoms with van der Waals surface area (Å²) in [6.45, 7) is 6.66. The minimum absolute atomic E-state index is 0. The second-order valence-electron chi connectivity index (χ2n) is 11.0. The van der Waals surface area contributed by atoms with E-state index in [1.165, 1.54) is 23.2 Å². The van der Waals surface area contributed by atoms with Crippen molar-refractivity contribution in [2.24, 2.45) is 28.7 Å². The molecule has 14 heteroatoms. The number of rotatable bonds is 8. The van der Waals surface area contributed by atoms with Crippen molar-refractivity contribution in [1.82, 2.24) is 15.2 Å². The van der Waals surface area contributed by atoms with Crippen molar-refractivity contribution in [3.8, 4) is 0 Å². The van der Waals surface area contributed by atoms with Gasteiger partial charge in [0.15, 0.2) is 0 Å². The predicted molar refractivity (Wildman–Crippen MR) is 155 cm³/mol. The minimum atomic E-state index is -1.13. The van der Waals surface area contributed by atoms with Gasteiger partial charge in [-0.3, -0.25) is 30.1 Å². The normalized spacial score (nSPS) is 22.0. The van der Waals surface area contributed by atoms with Crippen molar-refractivity contribution in [2.75, 3.05) is 19.6 Å². The SMILES string of the molecule is CC(C)(C)C1CCC([C@@]2(C(=O)O)CCCN2C(=O)CNCC(=O)O)CC1.Cl.Cl.N=C(N)c1ccc(C(N)=O)cn1. The summed E-state index contributed by atoms with van der Waals surface area (Å²) < 4.78 is 0. The van der Waals surface area contributed by atoms with E-state index in [2.05, 4.69) is 31.1 Å². The second kappa shape index (κ2) is 15.7. The van der Waals surface area contributed by atoms with Crippen LogP contribution in [0.5, 0.6) is 0 Å². The summed E-state index contributed by atoms with van der Waals surface area (Å²) in [5.41, 5.74) is 9.84. The van der Waals surface area contributed by atoms with Gasteiger partial charge in [-0.25, -0.2) is 4.79 Å². The van der Waals surface area contributed by atoms with E-state index in [4.69, 9.17) is 22.0 Å². The van der Waals surface area contributed by atoms with Gasteiger partial charge in [0, 0.05) is 12.7 Å². The van der Waals surface area contributed by atoms with E-state index in [1.807, 2.05) is 0 Å². The van der Waals surface area contributed by atoms with E-state index in [9.17, 15) is 24.3 Å². The predicted octanol–water partition coefficient (Wildman–Crippen LogP) is 2.27. The number of aromatic nitrogens is 1. The molecule has 1 aromatic heterocycles. The minimum Gasteiger partial charge on any atom is -0.480 e. The lowest BCUT2D eigenvalue weighted by atomic mass is 9.65. The van der Waals surface area contributed by atoms with E-state index in [0.717, 1.165) is 25.7 Å². The quantitative estimate of drug-likeness (QED) is 0.189. The van der Waals surface area contributed by atoms with E-state index in [-0.39, 0.29) is 61.0 Å². The topological polar surface area (TPSA) is 213 Å². The third-order valence-corrected chi connectivity index (χ3v) is 7.60. The number of likely N-dealkylation sites (tertiary alicyclic amines) is 1. The first kappa shape index (κ1) is 37.0. The average Bonchev–Trinajstić information content (AvgIpc) is 3.30. The molecule has 0 spiro atoms. The summed E-state index contributed by atoms with van der Waals surface area (Å²) in [5, 5.41) is 28.4. The number of carboxylic acid groups (broad SMARTS) is 2. The van der Waals surface area contributed by atoms with Crippen molar-refractivity contribution in [1.29, 1.82) is 5.41 Å². The summed E-state index contributed by atoms with van der Waals surface area (Å²) in [7, 11) is 0. The van der Waals surface area contributed by atoms with Crippen LogP contribution in [0.1, 0.15) is 75.3 Å². The van der Waals surface area contributed by atoms with Gasteiger partial charge < -0.3 is 26.6 Å². The van der Waals surface area contributed by atoms with Crippen LogP contribution in [0.3, 0.4) is 0 Å². The van der Waals surface area contributed by atoms with Crippen molar-refractivity contribution in [3.05, 3.63) is 29.6 Å². The summed E-state index contributed by atoms with van der Waals surface area (Å²) in [5.74, 6) is -2.41. The number of nitrogens with one attached hydrogen (secondary N) is 2. The number of primary amides is 1. The van der Waals surface area contributed by atoms with Crippen LogP contribution in [0.15, 0.2) is 18.3 Å².